The van der Waals surface area contributed by atoms with Gasteiger partial charge in [0.25, 0.3) is 5.91 Å². The summed E-state index contributed by atoms with van der Waals surface area (Å²) in [6.07, 6.45) is 5.58. The highest BCUT2D eigenvalue weighted by Crippen LogP contribution is 2.23. The minimum absolute atomic E-state index is 0.0863. The van der Waals surface area contributed by atoms with Gasteiger partial charge in [-0.1, -0.05) is 32.8 Å². The molecular weight excluding hydrogens is 416 g/mol. The summed E-state index contributed by atoms with van der Waals surface area (Å²) in [5.41, 5.74) is -0.687. The summed E-state index contributed by atoms with van der Waals surface area (Å²) in [5, 5.41) is 2.52. The van der Waals surface area contributed by atoms with E-state index in [9.17, 15) is 23.2 Å². The van der Waals surface area contributed by atoms with E-state index in [-0.39, 0.29) is 23.7 Å². The second-order valence-electron chi connectivity index (χ2n) is 9.13. The van der Waals surface area contributed by atoms with E-state index in [2.05, 4.69) is 5.32 Å². The van der Waals surface area contributed by atoms with Crippen molar-refractivity contribution in [2.24, 2.45) is 11.8 Å². The molecule has 1 N–H and O–H groups in total. The highest BCUT2D eigenvalue weighted by atomic mass is 19.1. The van der Waals surface area contributed by atoms with Gasteiger partial charge in [-0.15, -0.1) is 0 Å². The topological polar surface area (TPSA) is 69.7 Å². The van der Waals surface area contributed by atoms with Gasteiger partial charge in [0, 0.05) is 32.1 Å². The number of nitrogens with one attached hydrogen (secondary N) is 1. The smallest absolute Gasteiger partial charge is 0.257 e. The lowest BCUT2D eigenvalue weighted by Gasteiger charge is -2.36. The normalized spacial score (nSPS) is 18.9. The third kappa shape index (κ3) is 5.64. The zero-order valence-corrected chi connectivity index (χ0v) is 18.9. The SMILES string of the molecule is CC(C)[C@@H](NC(=O)c1c(F)cccc1F)C(=O)N1CCC(C(=O)N2CCCCCC2)CC1. The molecule has 2 aliphatic heterocycles. The maximum atomic E-state index is 14.0. The van der Waals surface area contributed by atoms with Crippen molar-refractivity contribution in [1.29, 1.82) is 0 Å². The predicted octanol–water partition coefficient (Wildman–Crippen LogP) is 3.36. The number of amides is 3. The van der Waals surface area contributed by atoms with E-state index in [0.29, 0.717) is 25.9 Å². The summed E-state index contributed by atoms with van der Waals surface area (Å²) in [7, 11) is 0. The molecule has 0 radical (unpaired) electrons. The van der Waals surface area contributed by atoms with Crippen LogP contribution in [0.25, 0.3) is 0 Å². The molecule has 2 aliphatic rings. The van der Waals surface area contributed by atoms with Gasteiger partial charge in [0.2, 0.25) is 11.8 Å². The third-order valence-electron chi connectivity index (χ3n) is 6.48. The van der Waals surface area contributed by atoms with E-state index in [1.54, 1.807) is 18.7 Å². The van der Waals surface area contributed by atoms with Crippen LogP contribution in [0.2, 0.25) is 0 Å². The van der Waals surface area contributed by atoms with Crippen LogP contribution in [0.3, 0.4) is 0 Å². The van der Waals surface area contributed by atoms with Crippen LogP contribution in [-0.4, -0.2) is 59.7 Å². The molecule has 8 heteroatoms. The van der Waals surface area contributed by atoms with Crippen molar-refractivity contribution in [1.82, 2.24) is 15.1 Å². The van der Waals surface area contributed by atoms with E-state index in [1.807, 2.05) is 4.90 Å². The van der Waals surface area contributed by atoms with Gasteiger partial charge in [-0.05, 0) is 43.7 Å². The van der Waals surface area contributed by atoms with Gasteiger partial charge in [0.1, 0.15) is 23.2 Å². The average molecular weight is 450 g/mol. The van der Waals surface area contributed by atoms with Crippen LogP contribution in [0.15, 0.2) is 18.2 Å². The van der Waals surface area contributed by atoms with Gasteiger partial charge < -0.3 is 15.1 Å². The molecule has 0 bridgehead atoms. The van der Waals surface area contributed by atoms with Crippen molar-refractivity contribution in [2.45, 2.75) is 58.4 Å². The quantitative estimate of drug-likeness (QED) is 0.750. The number of rotatable bonds is 5. The molecule has 3 amide bonds. The zero-order chi connectivity index (χ0) is 23.3. The lowest BCUT2D eigenvalue weighted by Crippen LogP contribution is -2.54. The van der Waals surface area contributed by atoms with Crippen molar-refractivity contribution >= 4 is 17.7 Å². The predicted molar refractivity (Wildman–Crippen MR) is 117 cm³/mol. The Bertz CT molecular complexity index is 810. The highest BCUT2D eigenvalue weighted by Gasteiger charge is 2.35. The van der Waals surface area contributed by atoms with Gasteiger partial charge in [-0.2, -0.15) is 0 Å². The minimum atomic E-state index is -0.967. The van der Waals surface area contributed by atoms with E-state index < -0.39 is 29.1 Å². The Balaban J connectivity index is 1.60. The lowest BCUT2D eigenvalue weighted by molar-refractivity contribution is -0.142. The molecule has 0 saturated carbocycles. The lowest BCUT2D eigenvalue weighted by atomic mass is 9.93. The largest absolute Gasteiger partial charge is 0.342 e. The molecule has 1 aromatic rings. The van der Waals surface area contributed by atoms with Crippen LogP contribution in [0.1, 0.15) is 62.7 Å². The fraction of sp³-hybridized carbons (Fsp3) is 0.625. The van der Waals surface area contributed by atoms with Gasteiger partial charge in [-0.25, -0.2) is 8.78 Å². The van der Waals surface area contributed by atoms with Crippen LogP contribution in [0.5, 0.6) is 0 Å². The number of piperidine rings is 1. The van der Waals surface area contributed by atoms with Crippen LogP contribution in [-0.2, 0) is 9.59 Å². The van der Waals surface area contributed by atoms with Crippen LogP contribution >= 0.6 is 0 Å². The molecule has 0 spiro atoms. The molecule has 6 nitrogen and oxygen atoms in total. The van der Waals surface area contributed by atoms with Crippen molar-refractivity contribution in [3.8, 4) is 0 Å². The Hall–Kier alpha value is -2.51. The highest BCUT2D eigenvalue weighted by molar-refractivity contribution is 5.98. The second-order valence-corrected chi connectivity index (χ2v) is 9.13. The average Bonchev–Trinajstić information content (AvgIpc) is 3.06. The number of hydrogen-bond acceptors (Lipinski definition) is 3. The fourth-order valence-electron chi connectivity index (χ4n) is 4.53. The van der Waals surface area contributed by atoms with Crippen LogP contribution < -0.4 is 5.32 Å². The summed E-state index contributed by atoms with van der Waals surface area (Å²) < 4.78 is 27.9. The zero-order valence-electron chi connectivity index (χ0n) is 18.9. The molecular formula is C24H33F2N3O3. The number of carbonyl (C=O) groups is 3. The molecule has 2 fully saturated rings. The second kappa shape index (κ2) is 10.9. The monoisotopic (exact) mass is 449 g/mol. The first-order chi connectivity index (χ1) is 15.3. The van der Waals surface area contributed by atoms with Gasteiger partial charge in [0.05, 0.1) is 0 Å². The Morgan fingerprint density at radius 1 is 0.906 bits per heavy atom. The third-order valence-corrected chi connectivity index (χ3v) is 6.48. The van der Waals surface area contributed by atoms with Crippen molar-refractivity contribution in [2.75, 3.05) is 26.2 Å². The van der Waals surface area contributed by atoms with Crippen molar-refractivity contribution in [3.05, 3.63) is 35.4 Å². The summed E-state index contributed by atoms with van der Waals surface area (Å²) in [6.45, 7) is 6.02. The van der Waals surface area contributed by atoms with Gasteiger partial charge in [-0.3, -0.25) is 14.4 Å². The maximum Gasteiger partial charge on any atom is 0.257 e. The molecule has 2 saturated heterocycles. The summed E-state index contributed by atoms with van der Waals surface area (Å²) in [5.74, 6) is -3.34. The summed E-state index contributed by atoms with van der Waals surface area (Å²) in [4.78, 5) is 42.1. The van der Waals surface area contributed by atoms with E-state index in [4.69, 9.17) is 0 Å². The molecule has 0 unspecified atom stereocenters. The Morgan fingerprint density at radius 3 is 2.00 bits per heavy atom. The first-order valence-electron chi connectivity index (χ1n) is 11.6. The Kier molecular flexibility index (Phi) is 8.21. The maximum absolute atomic E-state index is 14.0. The van der Waals surface area contributed by atoms with E-state index in [0.717, 1.165) is 50.9 Å². The van der Waals surface area contributed by atoms with Crippen molar-refractivity contribution in [3.63, 3.8) is 0 Å². The molecule has 1 atom stereocenters. The molecule has 0 aromatic heterocycles. The summed E-state index contributed by atoms with van der Waals surface area (Å²) >= 11 is 0. The molecule has 2 heterocycles. The van der Waals surface area contributed by atoms with Crippen LogP contribution in [0.4, 0.5) is 8.78 Å². The number of carbonyl (C=O) groups excluding carboxylic acids is 3. The number of nitrogens with zero attached hydrogens (tertiary/aromatic N) is 2. The Labute approximate surface area is 188 Å². The number of likely N-dealkylation sites (tertiary alicyclic amines) is 2. The number of halogens is 2. The Morgan fingerprint density at radius 2 is 1.47 bits per heavy atom. The molecule has 32 heavy (non-hydrogen) atoms. The van der Waals surface area contributed by atoms with Gasteiger partial charge in [0.15, 0.2) is 0 Å². The van der Waals surface area contributed by atoms with E-state index >= 15 is 0 Å². The van der Waals surface area contributed by atoms with Gasteiger partial charge >= 0.3 is 0 Å². The molecule has 0 aliphatic carbocycles. The summed E-state index contributed by atoms with van der Waals surface area (Å²) in [6, 6.07) is 2.30. The molecule has 3 rings (SSSR count). The standard InChI is InChI=1S/C24H33F2N3O3/c1-16(2)21(27-22(30)20-18(25)8-7-9-19(20)26)24(32)29-14-10-17(11-15-29)23(31)28-12-5-3-4-6-13-28/h7-9,16-17,21H,3-6,10-15H2,1-2H3,(H,27,30)/t21-/m1/s1. The van der Waals surface area contributed by atoms with Crippen molar-refractivity contribution < 1.29 is 23.2 Å². The molecule has 1 aromatic carbocycles. The number of hydrogen-bond donors (Lipinski definition) is 1. The first kappa shape index (κ1) is 24.1. The van der Waals surface area contributed by atoms with Crippen LogP contribution in [0, 0.1) is 23.5 Å². The minimum Gasteiger partial charge on any atom is -0.342 e. The van der Waals surface area contributed by atoms with E-state index in [1.165, 1.54) is 6.07 Å². The fourth-order valence-corrected chi connectivity index (χ4v) is 4.53. The first-order valence-corrected chi connectivity index (χ1v) is 11.6. The molecule has 176 valence electrons. The number of benzene rings is 1.